The van der Waals surface area contributed by atoms with Crippen molar-refractivity contribution in [3.05, 3.63) is 69.7 Å². The van der Waals surface area contributed by atoms with E-state index in [2.05, 4.69) is 15.9 Å². The standard InChI is InChI=1S/C14H9BrO3/c15-12-10(7-4-8-11(12)14(17)18)13(16)9-5-2-1-3-6-9/h1-8H,(H,17,18). The van der Waals surface area contributed by atoms with Gasteiger partial charge in [-0.15, -0.1) is 0 Å². The predicted octanol–water partition coefficient (Wildman–Crippen LogP) is 3.38. The minimum absolute atomic E-state index is 0.0804. The van der Waals surface area contributed by atoms with Crippen molar-refractivity contribution in [2.45, 2.75) is 0 Å². The van der Waals surface area contributed by atoms with Crippen molar-refractivity contribution in [3.8, 4) is 0 Å². The molecule has 3 nitrogen and oxygen atoms in total. The van der Waals surface area contributed by atoms with E-state index in [-0.39, 0.29) is 11.3 Å². The molecule has 4 heteroatoms. The molecule has 0 heterocycles. The minimum atomic E-state index is -1.07. The second kappa shape index (κ2) is 5.14. The Morgan fingerprint density at radius 2 is 1.50 bits per heavy atom. The van der Waals surface area contributed by atoms with Gasteiger partial charge in [-0.05, 0) is 28.1 Å². The average Bonchev–Trinajstić information content (AvgIpc) is 2.39. The fourth-order valence-electron chi connectivity index (χ4n) is 1.62. The molecule has 18 heavy (non-hydrogen) atoms. The number of carbonyl (C=O) groups is 2. The minimum Gasteiger partial charge on any atom is -0.478 e. The number of hydrogen-bond donors (Lipinski definition) is 1. The van der Waals surface area contributed by atoms with E-state index in [1.54, 1.807) is 36.4 Å². The maximum Gasteiger partial charge on any atom is 0.336 e. The smallest absolute Gasteiger partial charge is 0.336 e. The Hall–Kier alpha value is -1.94. The molecule has 2 rings (SSSR count). The molecular formula is C14H9BrO3. The van der Waals surface area contributed by atoms with Gasteiger partial charge >= 0.3 is 5.97 Å². The lowest BCUT2D eigenvalue weighted by atomic mass is 10.0. The molecular weight excluding hydrogens is 296 g/mol. The highest BCUT2D eigenvalue weighted by molar-refractivity contribution is 9.10. The van der Waals surface area contributed by atoms with Gasteiger partial charge < -0.3 is 5.11 Å². The van der Waals surface area contributed by atoms with E-state index in [4.69, 9.17) is 5.11 Å². The molecule has 0 atom stereocenters. The van der Waals surface area contributed by atoms with Crippen LogP contribution in [-0.2, 0) is 0 Å². The van der Waals surface area contributed by atoms with Crippen LogP contribution in [0.5, 0.6) is 0 Å². The van der Waals surface area contributed by atoms with Crippen LogP contribution in [0.15, 0.2) is 53.0 Å². The van der Waals surface area contributed by atoms with Gasteiger partial charge in [-0.2, -0.15) is 0 Å². The third-order valence-electron chi connectivity index (χ3n) is 2.51. The van der Waals surface area contributed by atoms with Crippen molar-refractivity contribution in [1.82, 2.24) is 0 Å². The zero-order chi connectivity index (χ0) is 13.1. The number of carboxylic acid groups (broad SMARTS) is 1. The number of carboxylic acids is 1. The third kappa shape index (κ3) is 2.33. The van der Waals surface area contributed by atoms with Crippen molar-refractivity contribution >= 4 is 27.7 Å². The van der Waals surface area contributed by atoms with Gasteiger partial charge in [0, 0.05) is 15.6 Å². The van der Waals surface area contributed by atoms with Gasteiger partial charge in [-0.3, -0.25) is 4.79 Å². The third-order valence-corrected chi connectivity index (χ3v) is 3.36. The van der Waals surface area contributed by atoms with Crippen molar-refractivity contribution in [2.24, 2.45) is 0 Å². The van der Waals surface area contributed by atoms with Crippen LogP contribution in [0.4, 0.5) is 0 Å². The molecule has 0 amide bonds. The summed E-state index contributed by atoms with van der Waals surface area (Å²) in [5.41, 5.74) is 0.957. The Balaban J connectivity index is 2.50. The van der Waals surface area contributed by atoms with Crippen molar-refractivity contribution in [2.75, 3.05) is 0 Å². The monoisotopic (exact) mass is 304 g/mol. The molecule has 0 saturated carbocycles. The largest absolute Gasteiger partial charge is 0.478 e. The quantitative estimate of drug-likeness (QED) is 0.884. The Kier molecular flexibility index (Phi) is 3.58. The van der Waals surface area contributed by atoms with Gasteiger partial charge in [0.15, 0.2) is 5.78 Å². The summed E-state index contributed by atoms with van der Waals surface area (Å²) in [6.07, 6.45) is 0. The van der Waals surface area contributed by atoms with Crippen molar-refractivity contribution in [1.29, 1.82) is 0 Å². The molecule has 0 aliphatic rings. The van der Waals surface area contributed by atoms with Gasteiger partial charge in [0.05, 0.1) is 5.56 Å². The zero-order valence-corrected chi connectivity index (χ0v) is 10.8. The summed E-state index contributed by atoms with van der Waals surface area (Å²) in [7, 11) is 0. The number of ketones is 1. The van der Waals surface area contributed by atoms with Crippen LogP contribution < -0.4 is 0 Å². The van der Waals surface area contributed by atoms with Gasteiger partial charge in [0.25, 0.3) is 0 Å². The lowest BCUT2D eigenvalue weighted by Gasteiger charge is -2.06. The first-order valence-electron chi connectivity index (χ1n) is 5.23. The van der Waals surface area contributed by atoms with E-state index >= 15 is 0 Å². The fourth-order valence-corrected chi connectivity index (χ4v) is 2.23. The Labute approximate surface area is 112 Å². The number of hydrogen-bond acceptors (Lipinski definition) is 2. The van der Waals surface area contributed by atoms with E-state index < -0.39 is 5.97 Å². The SMILES string of the molecule is O=C(O)c1cccc(C(=O)c2ccccc2)c1Br. The number of halogens is 1. The normalized spacial score (nSPS) is 10.1. The summed E-state index contributed by atoms with van der Waals surface area (Å²) in [6.45, 7) is 0. The first-order valence-corrected chi connectivity index (χ1v) is 6.02. The van der Waals surface area contributed by atoms with Crippen LogP contribution >= 0.6 is 15.9 Å². The highest BCUT2D eigenvalue weighted by Gasteiger charge is 2.17. The zero-order valence-electron chi connectivity index (χ0n) is 9.26. The maximum absolute atomic E-state index is 12.2. The van der Waals surface area contributed by atoms with Crippen LogP contribution in [-0.4, -0.2) is 16.9 Å². The van der Waals surface area contributed by atoms with Crippen LogP contribution in [0.2, 0.25) is 0 Å². The number of aromatic carboxylic acids is 1. The highest BCUT2D eigenvalue weighted by atomic mass is 79.9. The molecule has 0 fully saturated rings. The average molecular weight is 305 g/mol. The lowest BCUT2D eigenvalue weighted by Crippen LogP contribution is -2.06. The Morgan fingerprint density at radius 3 is 2.11 bits per heavy atom. The summed E-state index contributed by atoms with van der Waals surface area (Å²) in [5, 5.41) is 9.00. The van der Waals surface area contributed by atoms with Crippen LogP contribution in [0.25, 0.3) is 0 Å². The molecule has 0 saturated heterocycles. The molecule has 90 valence electrons. The Morgan fingerprint density at radius 1 is 0.889 bits per heavy atom. The number of carbonyl (C=O) groups excluding carboxylic acids is 1. The summed E-state index contributed by atoms with van der Waals surface area (Å²) in [5.74, 6) is -1.27. The Bertz CT molecular complexity index is 606. The van der Waals surface area contributed by atoms with Gasteiger partial charge in [0.2, 0.25) is 0 Å². The topological polar surface area (TPSA) is 54.4 Å². The van der Waals surface area contributed by atoms with Gasteiger partial charge in [-0.25, -0.2) is 4.79 Å². The van der Waals surface area contributed by atoms with E-state index in [0.29, 0.717) is 15.6 Å². The van der Waals surface area contributed by atoms with Crippen LogP contribution in [0.3, 0.4) is 0 Å². The molecule has 0 aliphatic carbocycles. The first kappa shape index (κ1) is 12.5. The molecule has 0 unspecified atom stereocenters. The molecule has 1 N–H and O–H groups in total. The summed E-state index contributed by atoms with van der Waals surface area (Å²) in [4.78, 5) is 23.2. The second-order valence-electron chi connectivity index (χ2n) is 3.67. The van der Waals surface area contributed by atoms with E-state index in [0.717, 1.165) is 0 Å². The highest BCUT2D eigenvalue weighted by Crippen LogP contribution is 2.24. The van der Waals surface area contributed by atoms with Crippen molar-refractivity contribution < 1.29 is 14.7 Å². The summed E-state index contributed by atoms with van der Waals surface area (Å²) >= 11 is 3.18. The summed E-state index contributed by atoms with van der Waals surface area (Å²) in [6, 6.07) is 13.4. The second-order valence-corrected chi connectivity index (χ2v) is 4.46. The van der Waals surface area contributed by atoms with E-state index in [9.17, 15) is 9.59 Å². The fraction of sp³-hybridized carbons (Fsp3) is 0. The molecule has 0 radical (unpaired) electrons. The predicted molar refractivity (Wildman–Crippen MR) is 71.0 cm³/mol. The molecule has 0 aliphatic heterocycles. The van der Waals surface area contributed by atoms with E-state index in [1.807, 2.05) is 6.07 Å². The lowest BCUT2D eigenvalue weighted by molar-refractivity contribution is 0.0696. The molecule has 2 aromatic rings. The van der Waals surface area contributed by atoms with Gasteiger partial charge in [-0.1, -0.05) is 36.4 Å². The summed E-state index contributed by atoms with van der Waals surface area (Å²) < 4.78 is 0.311. The van der Waals surface area contributed by atoms with E-state index in [1.165, 1.54) is 6.07 Å². The number of benzene rings is 2. The number of rotatable bonds is 3. The van der Waals surface area contributed by atoms with Crippen molar-refractivity contribution in [3.63, 3.8) is 0 Å². The molecule has 2 aromatic carbocycles. The van der Waals surface area contributed by atoms with Crippen LogP contribution in [0, 0.1) is 0 Å². The molecule has 0 aromatic heterocycles. The first-order chi connectivity index (χ1) is 8.61. The maximum atomic E-state index is 12.2. The van der Waals surface area contributed by atoms with Gasteiger partial charge in [0.1, 0.15) is 0 Å². The van der Waals surface area contributed by atoms with Crippen LogP contribution in [0.1, 0.15) is 26.3 Å². The molecule has 0 bridgehead atoms. The molecule has 0 spiro atoms.